The summed E-state index contributed by atoms with van der Waals surface area (Å²) in [5, 5.41) is 30.9. The third-order valence-corrected chi connectivity index (χ3v) is 10.3. The van der Waals surface area contributed by atoms with Gasteiger partial charge in [0.15, 0.2) is 0 Å². The molecule has 0 aromatic rings. The number of rotatable bonds is 4. The third kappa shape index (κ3) is 3.02. The molecule has 4 rings (SSSR count). The molecule has 156 valence electrons. The summed E-state index contributed by atoms with van der Waals surface area (Å²) in [6.07, 6.45) is 10.9. The minimum absolute atomic E-state index is 0.0629. The maximum Gasteiger partial charge on any atom is 0.0602 e. The molecule has 0 aromatic heterocycles. The van der Waals surface area contributed by atoms with E-state index in [-0.39, 0.29) is 24.2 Å². The Kier molecular flexibility index (Phi) is 5.44. The van der Waals surface area contributed by atoms with Gasteiger partial charge < -0.3 is 15.3 Å². The van der Waals surface area contributed by atoms with Crippen LogP contribution in [0.1, 0.15) is 85.0 Å². The molecule has 4 fully saturated rings. The van der Waals surface area contributed by atoms with E-state index in [1.807, 2.05) is 0 Å². The summed E-state index contributed by atoms with van der Waals surface area (Å²) in [5.41, 5.74) is 0.387. The van der Waals surface area contributed by atoms with Gasteiger partial charge in [0, 0.05) is 6.61 Å². The van der Waals surface area contributed by atoms with E-state index >= 15 is 0 Å². The molecule has 1 unspecified atom stereocenters. The zero-order valence-corrected chi connectivity index (χ0v) is 17.7. The first kappa shape index (κ1) is 20.2. The summed E-state index contributed by atoms with van der Waals surface area (Å²) in [6, 6.07) is 0. The lowest BCUT2D eigenvalue weighted by atomic mass is 9.43. The first-order valence-corrected chi connectivity index (χ1v) is 11.8. The SMILES string of the molecule is C[C@H](CCCO)[C@H]1CC[C@H]2[C@@H]3CCC4C[C@H](O)CC[C@]4(C)[C@H]3C[C@H](O)[C@]12C. The van der Waals surface area contributed by atoms with Crippen molar-refractivity contribution in [3.63, 3.8) is 0 Å². The van der Waals surface area contributed by atoms with Gasteiger partial charge in [0.2, 0.25) is 0 Å². The van der Waals surface area contributed by atoms with Crippen LogP contribution in [0.5, 0.6) is 0 Å². The van der Waals surface area contributed by atoms with Gasteiger partial charge in [-0.25, -0.2) is 0 Å². The first-order chi connectivity index (χ1) is 12.8. The van der Waals surface area contributed by atoms with Crippen LogP contribution >= 0.6 is 0 Å². The van der Waals surface area contributed by atoms with E-state index in [0.717, 1.165) is 44.4 Å². The maximum absolute atomic E-state index is 11.5. The molecular weight excluding hydrogens is 336 g/mol. The number of fused-ring (bicyclic) bond motifs is 5. The first-order valence-electron chi connectivity index (χ1n) is 11.8. The summed E-state index contributed by atoms with van der Waals surface area (Å²) in [5.74, 6) is 3.92. The molecule has 27 heavy (non-hydrogen) atoms. The van der Waals surface area contributed by atoms with Crippen LogP contribution in [-0.2, 0) is 0 Å². The van der Waals surface area contributed by atoms with Crippen LogP contribution < -0.4 is 0 Å². The third-order valence-electron chi connectivity index (χ3n) is 10.3. The molecule has 0 bridgehead atoms. The highest BCUT2D eigenvalue weighted by molar-refractivity contribution is 5.12. The zero-order chi connectivity index (χ0) is 19.4. The predicted molar refractivity (Wildman–Crippen MR) is 108 cm³/mol. The lowest BCUT2D eigenvalue weighted by Gasteiger charge is -2.62. The molecule has 0 aromatic carbocycles. The number of hydrogen-bond acceptors (Lipinski definition) is 3. The van der Waals surface area contributed by atoms with Crippen LogP contribution in [0.4, 0.5) is 0 Å². The van der Waals surface area contributed by atoms with Crippen molar-refractivity contribution in [3.05, 3.63) is 0 Å². The average Bonchev–Trinajstić information content (AvgIpc) is 3.00. The van der Waals surface area contributed by atoms with Crippen molar-refractivity contribution in [1.29, 1.82) is 0 Å². The monoisotopic (exact) mass is 378 g/mol. The van der Waals surface area contributed by atoms with E-state index in [9.17, 15) is 15.3 Å². The number of aliphatic hydroxyl groups is 3. The average molecular weight is 379 g/mol. The molecule has 3 heteroatoms. The molecule has 0 spiro atoms. The van der Waals surface area contributed by atoms with Crippen LogP contribution in [0.15, 0.2) is 0 Å². The maximum atomic E-state index is 11.5. The van der Waals surface area contributed by atoms with E-state index in [1.165, 1.54) is 25.7 Å². The van der Waals surface area contributed by atoms with E-state index in [0.29, 0.717) is 35.0 Å². The van der Waals surface area contributed by atoms with Gasteiger partial charge in [-0.15, -0.1) is 0 Å². The normalized spacial score (nSPS) is 53.3. The highest BCUT2D eigenvalue weighted by atomic mass is 16.3. The molecule has 0 aliphatic heterocycles. The van der Waals surface area contributed by atoms with Crippen molar-refractivity contribution < 1.29 is 15.3 Å². The molecular formula is C24H42O3. The van der Waals surface area contributed by atoms with E-state index in [1.54, 1.807) is 0 Å². The van der Waals surface area contributed by atoms with E-state index in [2.05, 4.69) is 20.8 Å². The highest BCUT2D eigenvalue weighted by Crippen LogP contribution is 2.68. The molecule has 10 atom stereocenters. The van der Waals surface area contributed by atoms with E-state index in [4.69, 9.17) is 0 Å². The van der Waals surface area contributed by atoms with Crippen molar-refractivity contribution >= 4 is 0 Å². The van der Waals surface area contributed by atoms with Gasteiger partial charge in [-0.05, 0) is 111 Å². The van der Waals surface area contributed by atoms with Crippen molar-refractivity contribution in [1.82, 2.24) is 0 Å². The quantitative estimate of drug-likeness (QED) is 0.680. The Morgan fingerprint density at radius 3 is 2.48 bits per heavy atom. The Morgan fingerprint density at radius 1 is 0.963 bits per heavy atom. The molecule has 0 heterocycles. The zero-order valence-electron chi connectivity index (χ0n) is 17.7. The summed E-state index contributed by atoms with van der Waals surface area (Å²) in [4.78, 5) is 0. The van der Waals surface area contributed by atoms with Crippen molar-refractivity contribution in [3.8, 4) is 0 Å². The highest BCUT2D eigenvalue weighted by Gasteiger charge is 2.63. The molecule has 4 aliphatic rings. The summed E-state index contributed by atoms with van der Waals surface area (Å²) >= 11 is 0. The van der Waals surface area contributed by atoms with Gasteiger partial charge >= 0.3 is 0 Å². The minimum Gasteiger partial charge on any atom is -0.396 e. The van der Waals surface area contributed by atoms with Crippen molar-refractivity contribution in [2.45, 2.75) is 97.2 Å². The molecule has 0 amide bonds. The molecule has 3 N–H and O–H groups in total. The summed E-state index contributed by atoms with van der Waals surface area (Å²) in [6.45, 7) is 7.54. The second-order valence-corrected chi connectivity index (χ2v) is 11.2. The lowest BCUT2D eigenvalue weighted by Crippen LogP contribution is -2.58. The lowest BCUT2D eigenvalue weighted by molar-refractivity contribution is -0.174. The van der Waals surface area contributed by atoms with Crippen LogP contribution in [-0.4, -0.2) is 34.1 Å². The molecule has 4 saturated carbocycles. The Bertz CT molecular complexity index is 536. The van der Waals surface area contributed by atoms with Crippen molar-refractivity contribution in [2.75, 3.05) is 6.61 Å². The topological polar surface area (TPSA) is 60.7 Å². The Labute approximate surface area is 165 Å². The van der Waals surface area contributed by atoms with Crippen LogP contribution in [0, 0.1) is 46.3 Å². The minimum atomic E-state index is -0.185. The van der Waals surface area contributed by atoms with Crippen LogP contribution in [0.25, 0.3) is 0 Å². The molecule has 3 nitrogen and oxygen atoms in total. The largest absolute Gasteiger partial charge is 0.396 e. The fourth-order valence-electron chi connectivity index (χ4n) is 8.77. The molecule has 0 saturated heterocycles. The van der Waals surface area contributed by atoms with E-state index < -0.39 is 0 Å². The van der Waals surface area contributed by atoms with Crippen molar-refractivity contribution in [2.24, 2.45) is 46.3 Å². The predicted octanol–water partition coefficient (Wildman–Crippen LogP) is 4.39. The number of aliphatic hydroxyl groups excluding tert-OH is 3. The van der Waals surface area contributed by atoms with Gasteiger partial charge in [-0.3, -0.25) is 0 Å². The van der Waals surface area contributed by atoms with Crippen LogP contribution in [0.2, 0.25) is 0 Å². The van der Waals surface area contributed by atoms with Gasteiger partial charge in [0.1, 0.15) is 0 Å². The molecule has 0 radical (unpaired) electrons. The Balaban J connectivity index is 1.58. The second-order valence-electron chi connectivity index (χ2n) is 11.2. The fraction of sp³-hybridized carbons (Fsp3) is 1.00. The Morgan fingerprint density at radius 2 is 1.74 bits per heavy atom. The van der Waals surface area contributed by atoms with Gasteiger partial charge in [0.25, 0.3) is 0 Å². The number of hydrogen-bond donors (Lipinski definition) is 3. The smallest absolute Gasteiger partial charge is 0.0602 e. The standard InChI is InChI=1S/C24H42O3/c1-15(5-4-12-25)19-8-9-20-18-7-6-16-13-17(26)10-11-23(16,2)21(18)14-22(27)24(19,20)3/h15-22,25-27H,4-14H2,1-3H3/t15-,16?,17-,18+,19-,20+,21+,22+,23+,24-/m1/s1. The second kappa shape index (κ2) is 7.29. The van der Waals surface area contributed by atoms with Gasteiger partial charge in [0.05, 0.1) is 12.2 Å². The summed E-state index contributed by atoms with van der Waals surface area (Å²) in [7, 11) is 0. The molecule has 4 aliphatic carbocycles. The summed E-state index contributed by atoms with van der Waals surface area (Å²) < 4.78 is 0. The van der Waals surface area contributed by atoms with Crippen LogP contribution in [0.3, 0.4) is 0 Å². The fourth-order valence-corrected chi connectivity index (χ4v) is 8.77. The van der Waals surface area contributed by atoms with Gasteiger partial charge in [-0.1, -0.05) is 20.8 Å². The van der Waals surface area contributed by atoms with Gasteiger partial charge in [-0.2, -0.15) is 0 Å². The Hall–Kier alpha value is -0.120.